The highest BCUT2D eigenvalue weighted by Crippen LogP contribution is 2.20. The molecule has 0 spiro atoms. The standard InChI is InChI=1S/C15H26N4O/c1-5-19(11(2)10-20-4)15-17-9-13(12(3)18-15)8-16-14-6-7-14/h9,11,14,16H,5-8,10H2,1-4H3. The van der Waals surface area contributed by atoms with Gasteiger partial charge in [0.15, 0.2) is 0 Å². The molecule has 1 aliphatic rings. The predicted octanol–water partition coefficient (Wildman–Crippen LogP) is 1.90. The van der Waals surface area contributed by atoms with Gasteiger partial charge < -0.3 is 15.0 Å². The van der Waals surface area contributed by atoms with Crippen LogP contribution in [-0.2, 0) is 11.3 Å². The molecule has 1 N–H and O–H groups in total. The predicted molar refractivity (Wildman–Crippen MR) is 81.0 cm³/mol. The lowest BCUT2D eigenvalue weighted by atomic mass is 10.2. The molecule has 1 fully saturated rings. The van der Waals surface area contributed by atoms with Gasteiger partial charge >= 0.3 is 0 Å². The van der Waals surface area contributed by atoms with E-state index in [1.807, 2.05) is 6.20 Å². The molecule has 1 saturated carbocycles. The van der Waals surface area contributed by atoms with E-state index in [4.69, 9.17) is 4.74 Å². The van der Waals surface area contributed by atoms with Crippen LogP contribution in [-0.4, -0.2) is 42.3 Å². The van der Waals surface area contributed by atoms with Gasteiger partial charge in [0.1, 0.15) is 0 Å². The van der Waals surface area contributed by atoms with Gasteiger partial charge in [-0.25, -0.2) is 9.97 Å². The van der Waals surface area contributed by atoms with Crippen LogP contribution in [0.25, 0.3) is 0 Å². The molecular formula is C15H26N4O. The van der Waals surface area contributed by atoms with Crippen molar-refractivity contribution in [3.8, 4) is 0 Å². The van der Waals surface area contributed by atoms with Crippen molar-refractivity contribution < 1.29 is 4.74 Å². The Balaban J connectivity index is 2.05. The monoisotopic (exact) mass is 278 g/mol. The zero-order valence-corrected chi connectivity index (χ0v) is 13.0. The van der Waals surface area contributed by atoms with Crippen LogP contribution in [0.1, 0.15) is 37.9 Å². The Kier molecular flexibility index (Phi) is 5.31. The third-order valence-corrected chi connectivity index (χ3v) is 3.76. The van der Waals surface area contributed by atoms with Gasteiger partial charge in [-0.1, -0.05) is 0 Å². The fourth-order valence-corrected chi connectivity index (χ4v) is 2.31. The molecule has 0 saturated heterocycles. The van der Waals surface area contributed by atoms with E-state index in [2.05, 4.69) is 41.0 Å². The number of nitrogens with one attached hydrogen (secondary N) is 1. The number of hydrogen-bond acceptors (Lipinski definition) is 5. The summed E-state index contributed by atoms with van der Waals surface area (Å²) in [6, 6.07) is 0.989. The minimum Gasteiger partial charge on any atom is -0.383 e. The average molecular weight is 278 g/mol. The van der Waals surface area contributed by atoms with Gasteiger partial charge in [-0.2, -0.15) is 0 Å². The summed E-state index contributed by atoms with van der Waals surface area (Å²) in [5.41, 5.74) is 2.25. The second-order valence-corrected chi connectivity index (χ2v) is 5.53. The van der Waals surface area contributed by atoms with Crippen LogP contribution in [0.3, 0.4) is 0 Å². The smallest absolute Gasteiger partial charge is 0.225 e. The number of ether oxygens (including phenoxy) is 1. The maximum Gasteiger partial charge on any atom is 0.225 e. The van der Waals surface area contributed by atoms with Crippen molar-refractivity contribution in [2.45, 2.75) is 52.2 Å². The van der Waals surface area contributed by atoms with Crippen LogP contribution in [0.5, 0.6) is 0 Å². The van der Waals surface area contributed by atoms with E-state index in [9.17, 15) is 0 Å². The van der Waals surface area contributed by atoms with Gasteiger partial charge in [-0.15, -0.1) is 0 Å². The minimum absolute atomic E-state index is 0.278. The molecule has 5 heteroatoms. The Morgan fingerprint density at radius 3 is 2.80 bits per heavy atom. The van der Waals surface area contributed by atoms with Crippen molar-refractivity contribution in [2.24, 2.45) is 0 Å². The first kappa shape index (κ1) is 15.2. The summed E-state index contributed by atoms with van der Waals surface area (Å²) in [4.78, 5) is 11.4. The van der Waals surface area contributed by atoms with Crippen LogP contribution in [0.4, 0.5) is 5.95 Å². The second kappa shape index (κ2) is 6.99. The summed E-state index contributed by atoms with van der Waals surface area (Å²) in [6.45, 7) is 8.74. The van der Waals surface area contributed by atoms with E-state index in [-0.39, 0.29) is 6.04 Å². The van der Waals surface area contributed by atoms with Gasteiger partial charge in [0.25, 0.3) is 0 Å². The molecule has 0 aliphatic heterocycles. The van der Waals surface area contributed by atoms with Crippen LogP contribution < -0.4 is 10.2 Å². The van der Waals surface area contributed by atoms with Gasteiger partial charge in [0, 0.05) is 43.7 Å². The molecule has 1 aliphatic carbocycles. The first-order valence-electron chi connectivity index (χ1n) is 7.47. The molecule has 2 rings (SSSR count). The first-order chi connectivity index (χ1) is 9.65. The van der Waals surface area contributed by atoms with Crippen LogP contribution in [0, 0.1) is 6.92 Å². The molecule has 1 aromatic heterocycles. The minimum atomic E-state index is 0.278. The van der Waals surface area contributed by atoms with E-state index < -0.39 is 0 Å². The third kappa shape index (κ3) is 3.90. The molecule has 1 aromatic rings. The summed E-state index contributed by atoms with van der Waals surface area (Å²) in [6.07, 6.45) is 4.56. The topological polar surface area (TPSA) is 50.3 Å². The van der Waals surface area contributed by atoms with Crippen molar-refractivity contribution in [1.82, 2.24) is 15.3 Å². The van der Waals surface area contributed by atoms with Crippen LogP contribution in [0.15, 0.2) is 6.20 Å². The Morgan fingerprint density at radius 1 is 1.50 bits per heavy atom. The van der Waals surface area contributed by atoms with E-state index in [1.165, 1.54) is 18.4 Å². The van der Waals surface area contributed by atoms with Gasteiger partial charge in [-0.3, -0.25) is 0 Å². The maximum atomic E-state index is 5.23. The highest BCUT2D eigenvalue weighted by Gasteiger charge is 2.21. The van der Waals surface area contributed by atoms with Crippen molar-refractivity contribution in [3.05, 3.63) is 17.5 Å². The second-order valence-electron chi connectivity index (χ2n) is 5.53. The number of aromatic nitrogens is 2. The molecular weight excluding hydrogens is 252 g/mol. The van der Waals surface area contributed by atoms with E-state index in [1.54, 1.807) is 7.11 Å². The SMILES string of the molecule is CCN(c1ncc(CNC2CC2)c(C)n1)C(C)COC. The Hall–Kier alpha value is -1.20. The number of anilines is 1. The lowest BCUT2D eigenvalue weighted by Crippen LogP contribution is -2.37. The normalized spacial score (nSPS) is 16.2. The highest BCUT2D eigenvalue weighted by atomic mass is 16.5. The highest BCUT2D eigenvalue weighted by molar-refractivity contribution is 5.34. The van der Waals surface area contributed by atoms with Crippen molar-refractivity contribution in [1.29, 1.82) is 0 Å². The molecule has 0 aromatic carbocycles. The lowest BCUT2D eigenvalue weighted by Gasteiger charge is -2.27. The van der Waals surface area contributed by atoms with Crippen LogP contribution >= 0.6 is 0 Å². The number of nitrogens with zero attached hydrogens (tertiary/aromatic N) is 3. The third-order valence-electron chi connectivity index (χ3n) is 3.76. The van der Waals surface area contributed by atoms with Crippen molar-refractivity contribution in [3.63, 3.8) is 0 Å². The number of rotatable bonds is 8. The van der Waals surface area contributed by atoms with Crippen molar-refractivity contribution >= 4 is 5.95 Å². The van der Waals surface area contributed by atoms with Crippen LogP contribution in [0.2, 0.25) is 0 Å². The molecule has 1 atom stereocenters. The van der Waals surface area contributed by atoms with Gasteiger partial charge in [0.2, 0.25) is 5.95 Å². The Bertz CT molecular complexity index is 434. The van der Waals surface area contributed by atoms with Crippen molar-refractivity contribution in [2.75, 3.05) is 25.2 Å². The summed E-state index contributed by atoms with van der Waals surface area (Å²) in [5, 5.41) is 3.51. The summed E-state index contributed by atoms with van der Waals surface area (Å²) >= 11 is 0. The first-order valence-corrected chi connectivity index (χ1v) is 7.47. The number of likely N-dealkylation sites (N-methyl/N-ethyl adjacent to an activating group) is 1. The van der Waals surface area contributed by atoms with E-state index >= 15 is 0 Å². The summed E-state index contributed by atoms with van der Waals surface area (Å²) < 4.78 is 5.23. The fraction of sp³-hybridized carbons (Fsp3) is 0.733. The zero-order chi connectivity index (χ0) is 14.5. The fourth-order valence-electron chi connectivity index (χ4n) is 2.31. The average Bonchev–Trinajstić information content (AvgIpc) is 3.23. The van der Waals surface area contributed by atoms with Gasteiger partial charge in [-0.05, 0) is 33.6 Å². The van der Waals surface area contributed by atoms with Gasteiger partial charge in [0.05, 0.1) is 12.6 Å². The van der Waals surface area contributed by atoms with E-state index in [0.29, 0.717) is 12.6 Å². The summed E-state index contributed by atoms with van der Waals surface area (Å²) in [7, 11) is 1.73. The number of aryl methyl sites for hydroxylation is 1. The molecule has 112 valence electrons. The Labute approximate surface area is 121 Å². The van der Waals surface area contributed by atoms with E-state index in [0.717, 1.165) is 24.7 Å². The molecule has 1 unspecified atom stereocenters. The number of methoxy groups -OCH3 is 1. The number of hydrogen-bond donors (Lipinski definition) is 1. The molecule has 0 amide bonds. The summed E-state index contributed by atoms with van der Waals surface area (Å²) in [5.74, 6) is 0.796. The largest absolute Gasteiger partial charge is 0.383 e. The zero-order valence-electron chi connectivity index (χ0n) is 13.0. The molecule has 0 bridgehead atoms. The molecule has 20 heavy (non-hydrogen) atoms. The maximum absolute atomic E-state index is 5.23. The Morgan fingerprint density at radius 2 is 2.25 bits per heavy atom. The molecule has 5 nitrogen and oxygen atoms in total. The molecule has 0 radical (unpaired) electrons. The quantitative estimate of drug-likeness (QED) is 0.787. The molecule has 1 heterocycles. The lowest BCUT2D eigenvalue weighted by molar-refractivity contribution is 0.181.